The molecule has 0 fully saturated rings. The Kier molecular flexibility index (Phi) is 2.05. The first-order chi connectivity index (χ1) is 5.90. The highest BCUT2D eigenvalue weighted by atomic mass is 32.2. The standard InChI is InChI=1S/C7H8N2O2S/c8-12-5-3-6-7(9-4-5)11-2-1-10-6/h3-4H,1-2,8H2. The van der Waals surface area contributed by atoms with Gasteiger partial charge >= 0.3 is 0 Å². The van der Waals surface area contributed by atoms with Gasteiger partial charge < -0.3 is 9.47 Å². The van der Waals surface area contributed by atoms with Crippen LogP contribution in [0.4, 0.5) is 0 Å². The maximum Gasteiger partial charge on any atom is 0.257 e. The topological polar surface area (TPSA) is 57.4 Å². The molecule has 0 aromatic carbocycles. The summed E-state index contributed by atoms with van der Waals surface area (Å²) >= 11 is 1.14. The average Bonchev–Trinajstić information content (AvgIpc) is 2.17. The monoisotopic (exact) mass is 184 g/mol. The van der Waals surface area contributed by atoms with Crippen molar-refractivity contribution in [3.8, 4) is 11.6 Å². The van der Waals surface area contributed by atoms with Crippen molar-refractivity contribution in [2.45, 2.75) is 4.90 Å². The molecule has 1 aliphatic heterocycles. The summed E-state index contributed by atoms with van der Waals surface area (Å²) in [6.45, 7) is 1.14. The molecule has 2 N–H and O–H groups in total. The molecule has 0 bridgehead atoms. The summed E-state index contributed by atoms with van der Waals surface area (Å²) in [7, 11) is 0. The van der Waals surface area contributed by atoms with Crippen LogP contribution >= 0.6 is 11.9 Å². The highest BCUT2D eigenvalue weighted by Crippen LogP contribution is 2.29. The van der Waals surface area contributed by atoms with Gasteiger partial charge in [-0.3, -0.25) is 5.14 Å². The normalized spacial score (nSPS) is 14.4. The molecule has 2 rings (SSSR count). The summed E-state index contributed by atoms with van der Waals surface area (Å²) in [5, 5.41) is 5.36. The fourth-order valence-corrected chi connectivity index (χ4v) is 1.27. The first kappa shape index (κ1) is 7.70. The Balaban J connectivity index is 2.36. The minimum atomic E-state index is 0.555. The molecule has 0 atom stereocenters. The van der Waals surface area contributed by atoms with Gasteiger partial charge in [0.25, 0.3) is 5.88 Å². The van der Waals surface area contributed by atoms with E-state index in [4.69, 9.17) is 14.6 Å². The molecule has 0 saturated heterocycles. The summed E-state index contributed by atoms with van der Waals surface area (Å²) in [4.78, 5) is 4.92. The van der Waals surface area contributed by atoms with Gasteiger partial charge in [-0.25, -0.2) is 4.98 Å². The lowest BCUT2D eigenvalue weighted by atomic mass is 10.4. The predicted octanol–water partition coefficient (Wildman–Crippen LogP) is 0.819. The van der Waals surface area contributed by atoms with Crippen molar-refractivity contribution < 1.29 is 9.47 Å². The first-order valence-corrected chi connectivity index (χ1v) is 4.40. The minimum Gasteiger partial charge on any atom is -0.484 e. The fourth-order valence-electron chi connectivity index (χ4n) is 0.980. The van der Waals surface area contributed by atoms with Crippen molar-refractivity contribution >= 4 is 11.9 Å². The zero-order chi connectivity index (χ0) is 8.39. The number of nitrogens with zero attached hydrogens (tertiary/aromatic N) is 1. The molecule has 0 unspecified atom stereocenters. The number of nitrogens with two attached hydrogens (primary N) is 1. The first-order valence-electron chi connectivity index (χ1n) is 3.52. The van der Waals surface area contributed by atoms with Gasteiger partial charge in [-0.15, -0.1) is 0 Å². The molecule has 0 amide bonds. The van der Waals surface area contributed by atoms with Gasteiger partial charge in [0.1, 0.15) is 13.2 Å². The van der Waals surface area contributed by atoms with Gasteiger partial charge in [0.15, 0.2) is 5.75 Å². The van der Waals surface area contributed by atoms with Crippen molar-refractivity contribution in [1.82, 2.24) is 4.98 Å². The largest absolute Gasteiger partial charge is 0.484 e. The van der Waals surface area contributed by atoms with E-state index in [1.165, 1.54) is 0 Å². The summed E-state index contributed by atoms with van der Waals surface area (Å²) in [5.74, 6) is 1.23. The van der Waals surface area contributed by atoms with Crippen LogP contribution in [-0.2, 0) is 0 Å². The molecule has 0 aliphatic carbocycles. The van der Waals surface area contributed by atoms with E-state index in [2.05, 4.69) is 4.98 Å². The van der Waals surface area contributed by atoms with Gasteiger partial charge in [-0.1, -0.05) is 0 Å². The van der Waals surface area contributed by atoms with Crippen molar-refractivity contribution in [2.75, 3.05) is 13.2 Å². The molecular weight excluding hydrogens is 176 g/mol. The highest BCUT2D eigenvalue weighted by Gasteiger charge is 2.12. The molecule has 12 heavy (non-hydrogen) atoms. The predicted molar refractivity (Wildman–Crippen MR) is 45.3 cm³/mol. The summed E-state index contributed by atoms with van der Waals surface area (Å²) in [6.07, 6.45) is 1.66. The quantitative estimate of drug-likeness (QED) is 0.655. The molecule has 0 radical (unpaired) electrons. The number of ether oxygens (including phenoxy) is 2. The Labute approximate surface area is 74.2 Å². The van der Waals surface area contributed by atoms with Crippen LogP contribution in [0.5, 0.6) is 11.6 Å². The lowest BCUT2D eigenvalue weighted by Crippen LogP contribution is -2.16. The molecule has 5 heteroatoms. The molecule has 2 heterocycles. The smallest absolute Gasteiger partial charge is 0.257 e. The van der Waals surface area contributed by atoms with Crippen molar-refractivity contribution in [3.63, 3.8) is 0 Å². The van der Waals surface area contributed by atoms with E-state index in [0.717, 1.165) is 16.8 Å². The van der Waals surface area contributed by atoms with Gasteiger partial charge in [0, 0.05) is 17.2 Å². The number of fused-ring (bicyclic) bond motifs is 1. The molecule has 0 saturated carbocycles. The van der Waals surface area contributed by atoms with Crippen molar-refractivity contribution in [1.29, 1.82) is 0 Å². The van der Waals surface area contributed by atoms with Crippen LogP contribution in [0.1, 0.15) is 0 Å². The lowest BCUT2D eigenvalue weighted by molar-refractivity contribution is 0.164. The van der Waals surface area contributed by atoms with E-state index in [9.17, 15) is 0 Å². The van der Waals surface area contributed by atoms with Crippen LogP contribution in [-0.4, -0.2) is 18.2 Å². The number of pyridine rings is 1. The maximum atomic E-state index is 5.36. The Bertz CT molecular complexity index is 293. The van der Waals surface area contributed by atoms with E-state index < -0.39 is 0 Å². The maximum absolute atomic E-state index is 5.36. The number of hydrogen-bond donors (Lipinski definition) is 1. The number of aromatic nitrogens is 1. The summed E-state index contributed by atoms with van der Waals surface area (Å²) in [6, 6.07) is 1.83. The van der Waals surface area contributed by atoms with Crippen molar-refractivity contribution in [2.24, 2.45) is 5.14 Å². The Morgan fingerprint density at radius 2 is 2.25 bits per heavy atom. The molecular formula is C7H8N2O2S. The van der Waals surface area contributed by atoms with Crippen molar-refractivity contribution in [3.05, 3.63) is 12.3 Å². The number of hydrogen-bond acceptors (Lipinski definition) is 5. The molecule has 1 aromatic rings. The molecule has 1 aromatic heterocycles. The van der Waals surface area contributed by atoms with Gasteiger partial charge in [-0.2, -0.15) is 0 Å². The van der Waals surface area contributed by atoms with E-state index in [0.29, 0.717) is 24.8 Å². The minimum absolute atomic E-state index is 0.555. The molecule has 1 aliphatic rings. The third-order valence-corrected chi connectivity index (χ3v) is 2.00. The van der Waals surface area contributed by atoms with E-state index in [1.54, 1.807) is 6.20 Å². The summed E-state index contributed by atoms with van der Waals surface area (Å²) in [5.41, 5.74) is 0. The van der Waals surface area contributed by atoms with Crippen LogP contribution in [0.3, 0.4) is 0 Å². The van der Waals surface area contributed by atoms with Gasteiger partial charge in [-0.05, 0) is 11.9 Å². The van der Waals surface area contributed by atoms with Gasteiger partial charge in [0.05, 0.1) is 0 Å². The zero-order valence-corrected chi connectivity index (χ0v) is 7.13. The van der Waals surface area contributed by atoms with Gasteiger partial charge in [0.2, 0.25) is 0 Å². The third-order valence-electron chi connectivity index (χ3n) is 1.51. The molecule has 64 valence electrons. The molecule has 4 nitrogen and oxygen atoms in total. The summed E-state index contributed by atoms with van der Waals surface area (Å²) < 4.78 is 10.5. The Morgan fingerprint density at radius 3 is 3.08 bits per heavy atom. The van der Waals surface area contributed by atoms with Crippen LogP contribution in [0, 0.1) is 0 Å². The number of rotatable bonds is 1. The van der Waals surface area contributed by atoms with Crippen LogP contribution in [0.25, 0.3) is 0 Å². The van der Waals surface area contributed by atoms with E-state index in [1.807, 2.05) is 6.07 Å². The second-order valence-electron chi connectivity index (χ2n) is 2.29. The SMILES string of the molecule is NSc1cnc2c(c1)OCCO2. The van der Waals surface area contributed by atoms with Crippen LogP contribution in [0.15, 0.2) is 17.2 Å². The third kappa shape index (κ3) is 1.33. The lowest BCUT2D eigenvalue weighted by Gasteiger charge is -2.16. The van der Waals surface area contributed by atoms with E-state index in [-0.39, 0.29) is 0 Å². The second kappa shape index (κ2) is 3.20. The Morgan fingerprint density at radius 1 is 1.42 bits per heavy atom. The average molecular weight is 184 g/mol. The van der Waals surface area contributed by atoms with E-state index >= 15 is 0 Å². The molecule has 0 spiro atoms. The Hall–Kier alpha value is -0.940. The van der Waals surface area contributed by atoms with Crippen LogP contribution in [0.2, 0.25) is 0 Å². The fraction of sp³-hybridized carbons (Fsp3) is 0.286. The van der Waals surface area contributed by atoms with Crippen LogP contribution < -0.4 is 14.6 Å². The second-order valence-corrected chi connectivity index (χ2v) is 3.00. The zero-order valence-electron chi connectivity index (χ0n) is 6.32. The highest BCUT2D eigenvalue weighted by molar-refractivity contribution is 7.97.